The van der Waals surface area contributed by atoms with Crippen molar-refractivity contribution in [3.8, 4) is 0 Å². The van der Waals surface area contributed by atoms with Gasteiger partial charge in [-0.05, 0) is 40.5 Å². The van der Waals surface area contributed by atoms with E-state index in [2.05, 4.69) is 27.3 Å². The third-order valence-electron chi connectivity index (χ3n) is 2.79. The summed E-state index contributed by atoms with van der Waals surface area (Å²) in [6, 6.07) is 13.9. The van der Waals surface area contributed by atoms with Gasteiger partial charge in [-0.2, -0.15) is 0 Å². The Morgan fingerprint density at radius 1 is 1.22 bits per heavy atom. The largest absolute Gasteiger partial charge is 0.384 e. The molecule has 1 atom stereocenters. The van der Waals surface area contributed by atoms with Gasteiger partial charge < -0.3 is 10.4 Å². The van der Waals surface area contributed by atoms with Gasteiger partial charge in [-0.1, -0.05) is 30.3 Å². The normalized spacial score (nSPS) is 14.4. The first-order chi connectivity index (χ1) is 8.58. The second-order valence-corrected chi connectivity index (χ2v) is 7.00. The van der Waals surface area contributed by atoms with Crippen LogP contribution in [0.2, 0.25) is 0 Å². The fourth-order valence-corrected chi connectivity index (χ4v) is 3.23. The average molecular weight is 326 g/mol. The molecule has 0 bridgehead atoms. The number of benzene rings is 1. The van der Waals surface area contributed by atoms with Crippen LogP contribution in [0.4, 0.5) is 0 Å². The summed E-state index contributed by atoms with van der Waals surface area (Å²) in [5.74, 6) is 0. The molecule has 0 aliphatic heterocycles. The summed E-state index contributed by atoms with van der Waals surface area (Å²) in [5, 5.41) is 13.7. The van der Waals surface area contributed by atoms with Gasteiger partial charge in [0.25, 0.3) is 0 Å². The number of hydrogen-bond acceptors (Lipinski definition) is 3. The molecule has 0 saturated heterocycles. The summed E-state index contributed by atoms with van der Waals surface area (Å²) in [6.45, 7) is 3.14. The average Bonchev–Trinajstić information content (AvgIpc) is 2.76. The zero-order valence-electron chi connectivity index (χ0n) is 10.2. The number of hydrogen-bond donors (Lipinski definition) is 2. The minimum absolute atomic E-state index is 0.534. The predicted molar refractivity (Wildman–Crippen MR) is 79.7 cm³/mol. The van der Waals surface area contributed by atoms with E-state index < -0.39 is 5.60 Å². The SMILES string of the molecule is CC(O)(CNCc1ccc(Br)s1)c1ccccc1. The van der Waals surface area contributed by atoms with Crippen LogP contribution in [0.5, 0.6) is 0 Å². The lowest BCUT2D eigenvalue weighted by Gasteiger charge is -2.24. The second-order valence-electron chi connectivity index (χ2n) is 4.45. The highest BCUT2D eigenvalue weighted by molar-refractivity contribution is 9.11. The molecule has 2 nitrogen and oxygen atoms in total. The Balaban J connectivity index is 1.89. The Bertz CT molecular complexity index is 496. The smallest absolute Gasteiger partial charge is 0.0992 e. The number of halogens is 1. The van der Waals surface area contributed by atoms with E-state index in [0.717, 1.165) is 15.9 Å². The molecule has 2 aromatic rings. The lowest BCUT2D eigenvalue weighted by Crippen LogP contribution is -2.34. The lowest BCUT2D eigenvalue weighted by atomic mass is 9.96. The van der Waals surface area contributed by atoms with Crippen molar-refractivity contribution in [2.45, 2.75) is 19.1 Å². The van der Waals surface area contributed by atoms with E-state index in [1.807, 2.05) is 43.3 Å². The Morgan fingerprint density at radius 3 is 2.56 bits per heavy atom. The van der Waals surface area contributed by atoms with Gasteiger partial charge in [0.15, 0.2) is 0 Å². The van der Waals surface area contributed by atoms with Crippen molar-refractivity contribution in [1.82, 2.24) is 5.32 Å². The van der Waals surface area contributed by atoms with E-state index in [-0.39, 0.29) is 0 Å². The number of nitrogens with one attached hydrogen (secondary N) is 1. The second kappa shape index (κ2) is 5.97. The van der Waals surface area contributed by atoms with Gasteiger partial charge in [0.05, 0.1) is 9.39 Å². The van der Waals surface area contributed by atoms with Crippen LogP contribution in [0.1, 0.15) is 17.4 Å². The first-order valence-electron chi connectivity index (χ1n) is 5.81. The third-order valence-corrected chi connectivity index (χ3v) is 4.42. The van der Waals surface area contributed by atoms with Crippen LogP contribution in [0, 0.1) is 0 Å². The van der Waals surface area contributed by atoms with Crippen molar-refractivity contribution in [2.24, 2.45) is 0 Å². The minimum Gasteiger partial charge on any atom is -0.384 e. The summed E-state index contributed by atoms with van der Waals surface area (Å²) in [6.07, 6.45) is 0. The van der Waals surface area contributed by atoms with Crippen molar-refractivity contribution in [3.05, 3.63) is 56.7 Å². The maximum Gasteiger partial charge on any atom is 0.0992 e. The highest BCUT2D eigenvalue weighted by atomic mass is 79.9. The summed E-state index contributed by atoms with van der Waals surface area (Å²) >= 11 is 5.15. The van der Waals surface area contributed by atoms with E-state index in [0.29, 0.717) is 6.54 Å². The van der Waals surface area contributed by atoms with Crippen molar-refractivity contribution in [1.29, 1.82) is 0 Å². The molecule has 1 heterocycles. The van der Waals surface area contributed by atoms with Crippen LogP contribution in [0.15, 0.2) is 46.3 Å². The Hall–Kier alpha value is -0.680. The first-order valence-corrected chi connectivity index (χ1v) is 7.42. The van der Waals surface area contributed by atoms with Gasteiger partial charge in [0, 0.05) is 18.0 Å². The van der Waals surface area contributed by atoms with Gasteiger partial charge in [-0.3, -0.25) is 0 Å². The Kier molecular flexibility index (Phi) is 4.56. The molecular formula is C14H16BrNOS. The molecule has 96 valence electrons. The van der Waals surface area contributed by atoms with Gasteiger partial charge in [-0.15, -0.1) is 11.3 Å². The summed E-state index contributed by atoms with van der Waals surface area (Å²) < 4.78 is 1.13. The molecule has 0 spiro atoms. The molecular weight excluding hydrogens is 310 g/mol. The van der Waals surface area contributed by atoms with Gasteiger partial charge in [0.2, 0.25) is 0 Å². The molecule has 1 unspecified atom stereocenters. The van der Waals surface area contributed by atoms with Crippen LogP contribution < -0.4 is 5.32 Å². The fourth-order valence-electron chi connectivity index (χ4n) is 1.78. The van der Waals surface area contributed by atoms with Crippen LogP contribution in [0.3, 0.4) is 0 Å². The molecule has 18 heavy (non-hydrogen) atoms. The maximum absolute atomic E-state index is 10.4. The summed E-state index contributed by atoms with van der Waals surface area (Å²) in [4.78, 5) is 1.26. The lowest BCUT2D eigenvalue weighted by molar-refractivity contribution is 0.0567. The molecule has 1 aromatic carbocycles. The van der Waals surface area contributed by atoms with Crippen molar-refractivity contribution in [2.75, 3.05) is 6.54 Å². The van der Waals surface area contributed by atoms with Crippen molar-refractivity contribution < 1.29 is 5.11 Å². The first kappa shape index (κ1) is 13.7. The molecule has 1 aromatic heterocycles. The monoisotopic (exact) mass is 325 g/mol. The highest BCUT2D eigenvalue weighted by Gasteiger charge is 2.21. The summed E-state index contributed by atoms with van der Waals surface area (Å²) in [5.41, 5.74) is 0.0975. The number of thiophene rings is 1. The molecule has 2 N–H and O–H groups in total. The van der Waals surface area contributed by atoms with E-state index in [1.165, 1.54) is 4.88 Å². The van der Waals surface area contributed by atoms with Gasteiger partial charge >= 0.3 is 0 Å². The van der Waals surface area contributed by atoms with Gasteiger partial charge in [0.1, 0.15) is 0 Å². The van der Waals surface area contributed by atoms with Crippen LogP contribution in [-0.2, 0) is 12.1 Å². The molecule has 0 radical (unpaired) electrons. The zero-order chi connectivity index (χ0) is 13.0. The molecule has 0 fully saturated rings. The van der Waals surface area contributed by atoms with Gasteiger partial charge in [-0.25, -0.2) is 0 Å². The minimum atomic E-state index is -0.838. The Labute approximate surface area is 120 Å². The molecule has 0 aliphatic carbocycles. The topological polar surface area (TPSA) is 32.3 Å². The number of aliphatic hydroxyl groups is 1. The standard InChI is InChI=1S/C14H16BrNOS/c1-14(17,11-5-3-2-4-6-11)10-16-9-12-7-8-13(15)18-12/h2-8,16-17H,9-10H2,1H3. The predicted octanol–water partition coefficient (Wildman–Crippen LogP) is 3.51. The zero-order valence-corrected chi connectivity index (χ0v) is 12.6. The van der Waals surface area contributed by atoms with Crippen molar-refractivity contribution >= 4 is 27.3 Å². The quantitative estimate of drug-likeness (QED) is 0.881. The maximum atomic E-state index is 10.4. The van der Waals surface area contributed by atoms with Crippen molar-refractivity contribution in [3.63, 3.8) is 0 Å². The van der Waals surface area contributed by atoms with Crippen LogP contribution >= 0.6 is 27.3 Å². The molecule has 0 aliphatic rings. The van der Waals surface area contributed by atoms with Crippen LogP contribution in [-0.4, -0.2) is 11.7 Å². The molecule has 0 amide bonds. The third kappa shape index (κ3) is 3.65. The van der Waals surface area contributed by atoms with Crippen LogP contribution in [0.25, 0.3) is 0 Å². The summed E-state index contributed by atoms with van der Waals surface area (Å²) in [7, 11) is 0. The highest BCUT2D eigenvalue weighted by Crippen LogP contribution is 2.23. The molecule has 0 saturated carbocycles. The van der Waals surface area contributed by atoms with E-state index in [9.17, 15) is 5.11 Å². The molecule has 4 heteroatoms. The number of rotatable bonds is 5. The van der Waals surface area contributed by atoms with E-state index in [4.69, 9.17) is 0 Å². The molecule has 2 rings (SSSR count). The van der Waals surface area contributed by atoms with E-state index in [1.54, 1.807) is 11.3 Å². The van der Waals surface area contributed by atoms with E-state index >= 15 is 0 Å². The Morgan fingerprint density at radius 2 is 1.94 bits per heavy atom. The fraction of sp³-hybridized carbons (Fsp3) is 0.286.